The van der Waals surface area contributed by atoms with Crippen LogP contribution in [0.3, 0.4) is 0 Å². The zero-order valence-electron chi connectivity index (χ0n) is 8.93. The number of aliphatic hydroxyl groups is 1. The van der Waals surface area contributed by atoms with Crippen LogP contribution in [0.1, 0.15) is 16.7 Å². The van der Waals surface area contributed by atoms with Crippen molar-refractivity contribution in [2.75, 3.05) is 0 Å². The normalized spacial score (nSPS) is 10.4. The maximum atomic E-state index is 9.16. The lowest BCUT2D eigenvalue weighted by Gasteiger charge is -2.06. The molecule has 0 aliphatic heterocycles. The van der Waals surface area contributed by atoms with Gasteiger partial charge in [-0.25, -0.2) is 0 Å². The van der Waals surface area contributed by atoms with Gasteiger partial charge in [0.2, 0.25) is 0 Å². The van der Waals surface area contributed by atoms with Gasteiger partial charge in [-0.1, -0.05) is 42.5 Å². The largest absolute Gasteiger partial charge is 0.392 e. The van der Waals surface area contributed by atoms with E-state index >= 15 is 0 Å². The van der Waals surface area contributed by atoms with Crippen LogP contribution in [0.15, 0.2) is 53.4 Å². The fourth-order valence-corrected chi connectivity index (χ4v) is 1.92. The summed E-state index contributed by atoms with van der Waals surface area (Å²) in [5.41, 5.74) is 3.36. The molecule has 1 N–H and O–H groups in total. The number of hydrogen-bond acceptors (Lipinski definition) is 2. The number of thiol groups is 1. The predicted molar refractivity (Wildman–Crippen MR) is 68.9 cm³/mol. The van der Waals surface area contributed by atoms with Crippen molar-refractivity contribution in [3.8, 4) is 0 Å². The van der Waals surface area contributed by atoms with E-state index in [1.165, 1.54) is 11.1 Å². The molecule has 0 radical (unpaired) electrons. The molecular formula is C14H14OS. The van der Waals surface area contributed by atoms with Crippen LogP contribution < -0.4 is 0 Å². The summed E-state index contributed by atoms with van der Waals surface area (Å²) in [4.78, 5) is 0.847. The quantitative estimate of drug-likeness (QED) is 0.776. The standard InChI is InChI=1S/C14H14OS/c15-10-13-9-12(6-7-14(13)16)8-11-4-2-1-3-5-11/h1-7,9,15-16H,8,10H2. The molecule has 16 heavy (non-hydrogen) atoms. The average molecular weight is 230 g/mol. The first-order chi connectivity index (χ1) is 7.79. The molecule has 2 rings (SSSR count). The number of benzene rings is 2. The molecule has 0 amide bonds. The summed E-state index contributed by atoms with van der Waals surface area (Å²) in [6.07, 6.45) is 0.891. The van der Waals surface area contributed by atoms with Crippen molar-refractivity contribution < 1.29 is 5.11 Å². The molecule has 0 bridgehead atoms. The Morgan fingerprint density at radius 2 is 1.69 bits per heavy atom. The molecule has 2 aromatic rings. The second-order valence-corrected chi connectivity index (χ2v) is 4.27. The smallest absolute Gasteiger partial charge is 0.0692 e. The van der Waals surface area contributed by atoms with Crippen molar-refractivity contribution in [1.29, 1.82) is 0 Å². The number of aliphatic hydroxyl groups excluding tert-OH is 1. The van der Waals surface area contributed by atoms with Gasteiger partial charge in [0.25, 0.3) is 0 Å². The second-order valence-electron chi connectivity index (χ2n) is 3.78. The van der Waals surface area contributed by atoms with E-state index in [-0.39, 0.29) is 6.61 Å². The average Bonchev–Trinajstić information content (AvgIpc) is 2.33. The fraction of sp³-hybridized carbons (Fsp3) is 0.143. The first-order valence-electron chi connectivity index (χ1n) is 5.25. The molecule has 0 unspecified atom stereocenters. The van der Waals surface area contributed by atoms with Gasteiger partial charge in [-0.3, -0.25) is 0 Å². The van der Waals surface area contributed by atoms with Gasteiger partial charge in [0.1, 0.15) is 0 Å². The second kappa shape index (κ2) is 5.19. The Hall–Kier alpha value is -1.25. The molecule has 82 valence electrons. The Bertz CT molecular complexity index is 465. The van der Waals surface area contributed by atoms with Crippen LogP contribution in [0.4, 0.5) is 0 Å². The highest BCUT2D eigenvalue weighted by molar-refractivity contribution is 7.80. The van der Waals surface area contributed by atoms with E-state index in [4.69, 9.17) is 5.11 Å². The van der Waals surface area contributed by atoms with Crippen LogP contribution in [-0.2, 0) is 13.0 Å². The molecule has 1 nitrogen and oxygen atoms in total. The minimum Gasteiger partial charge on any atom is -0.392 e. The Kier molecular flexibility index (Phi) is 3.65. The molecule has 0 aliphatic rings. The first kappa shape index (κ1) is 11.2. The Labute approximate surface area is 101 Å². The van der Waals surface area contributed by atoms with Crippen LogP contribution in [0.25, 0.3) is 0 Å². The third-order valence-corrected chi connectivity index (χ3v) is 3.00. The molecule has 0 aromatic heterocycles. The maximum Gasteiger partial charge on any atom is 0.0692 e. The highest BCUT2D eigenvalue weighted by Gasteiger charge is 2.01. The lowest BCUT2D eigenvalue weighted by atomic mass is 10.0. The first-order valence-corrected chi connectivity index (χ1v) is 5.70. The van der Waals surface area contributed by atoms with Gasteiger partial charge < -0.3 is 5.11 Å². The summed E-state index contributed by atoms with van der Waals surface area (Å²) in [5.74, 6) is 0. The van der Waals surface area contributed by atoms with Crippen molar-refractivity contribution in [3.63, 3.8) is 0 Å². The molecule has 0 spiro atoms. The van der Waals surface area contributed by atoms with E-state index in [2.05, 4.69) is 30.8 Å². The fourth-order valence-electron chi connectivity index (χ4n) is 1.71. The van der Waals surface area contributed by atoms with Crippen molar-refractivity contribution >= 4 is 12.6 Å². The SMILES string of the molecule is OCc1cc(Cc2ccccc2)ccc1S. The molecule has 0 fully saturated rings. The molecule has 0 heterocycles. The van der Waals surface area contributed by atoms with E-state index in [1.807, 2.05) is 30.3 Å². The summed E-state index contributed by atoms with van der Waals surface area (Å²) < 4.78 is 0. The number of rotatable bonds is 3. The summed E-state index contributed by atoms with van der Waals surface area (Å²) in [6.45, 7) is 0.0431. The van der Waals surface area contributed by atoms with Crippen molar-refractivity contribution in [1.82, 2.24) is 0 Å². The van der Waals surface area contributed by atoms with Crippen LogP contribution in [0.5, 0.6) is 0 Å². The predicted octanol–water partition coefficient (Wildman–Crippen LogP) is 3.06. The van der Waals surface area contributed by atoms with E-state index in [0.29, 0.717) is 0 Å². The molecular weight excluding hydrogens is 216 g/mol. The van der Waals surface area contributed by atoms with Crippen LogP contribution in [0.2, 0.25) is 0 Å². The molecule has 2 aromatic carbocycles. The van der Waals surface area contributed by atoms with E-state index in [1.54, 1.807) is 0 Å². The van der Waals surface area contributed by atoms with Crippen LogP contribution in [-0.4, -0.2) is 5.11 Å². The highest BCUT2D eigenvalue weighted by Crippen LogP contribution is 2.18. The third kappa shape index (κ3) is 2.65. The van der Waals surface area contributed by atoms with E-state index < -0.39 is 0 Å². The Morgan fingerprint density at radius 3 is 2.38 bits per heavy atom. The summed E-state index contributed by atoms with van der Waals surface area (Å²) in [5, 5.41) is 9.16. The number of hydrogen-bond donors (Lipinski definition) is 2. The lowest BCUT2D eigenvalue weighted by Crippen LogP contribution is -1.92. The van der Waals surface area contributed by atoms with E-state index in [9.17, 15) is 0 Å². The maximum absolute atomic E-state index is 9.16. The van der Waals surface area contributed by atoms with Gasteiger partial charge in [0.15, 0.2) is 0 Å². The van der Waals surface area contributed by atoms with Gasteiger partial charge in [-0.05, 0) is 29.2 Å². The summed E-state index contributed by atoms with van der Waals surface area (Å²) in [7, 11) is 0. The van der Waals surface area contributed by atoms with Crippen molar-refractivity contribution in [2.24, 2.45) is 0 Å². The minimum absolute atomic E-state index is 0.0431. The van der Waals surface area contributed by atoms with E-state index in [0.717, 1.165) is 16.9 Å². The third-order valence-electron chi connectivity index (χ3n) is 2.57. The monoisotopic (exact) mass is 230 g/mol. The van der Waals surface area contributed by atoms with Gasteiger partial charge >= 0.3 is 0 Å². The summed E-state index contributed by atoms with van der Waals surface area (Å²) in [6, 6.07) is 16.3. The van der Waals surface area contributed by atoms with Gasteiger partial charge in [-0.15, -0.1) is 12.6 Å². The summed E-state index contributed by atoms with van der Waals surface area (Å²) >= 11 is 4.29. The minimum atomic E-state index is 0.0431. The Balaban J connectivity index is 2.22. The zero-order valence-corrected chi connectivity index (χ0v) is 9.82. The van der Waals surface area contributed by atoms with Gasteiger partial charge in [-0.2, -0.15) is 0 Å². The Morgan fingerprint density at radius 1 is 0.938 bits per heavy atom. The highest BCUT2D eigenvalue weighted by atomic mass is 32.1. The van der Waals surface area contributed by atoms with Crippen molar-refractivity contribution in [3.05, 3.63) is 65.2 Å². The molecule has 0 atom stereocenters. The topological polar surface area (TPSA) is 20.2 Å². The van der Waals surface area contributed by atoms with Crippen LogP contribution in [0, 0.1) is 0 Å². The lowest BCUT2D eigenvalue weighted by molar-refractivity contribution is 0.279. The zero-order chi connectivity index (χ0) is 11.4. The van der Waals surface area contributed by atoms with Crippen LogP contribution >= 0.6 is 12.6 Å². The molecule has 2 heteroatoms. The van der Waals surface area contributed by atoms with Gasteiger partial charge in [0, 0.05) is 4.90 Å². The molecule has 0 saturated carbocycles. The van der Waals surface area contributed by atoms with Gasteiger partial charge in [0.05, 0.1) is 6.61 Å². The molecule has 0 aliphatic carbocycles. The molecule has 0 saturated heterocycles. The van der Waals surface area contributed by atoms with Crippen molar-refractivity contribution in [2.45, 2.75) is 17.9 Å².